The predicted octanol–water partition coefficient (Wildman–Crippen LogP) is 2.78. The highest BCUT2D eigenvalue weighted by atomic mass is 19.1. The molecule has 0 aliphatic carbocycles. The monoisotopic (exact) mass is 319 g/mol. The highest BCUT2D eigenvalue weighted by Crippen LogP contribution is 2.33. The lowest BCUT2D eigenvalue weighted by atomic mass is 10.1. The van der Waals surface area contributed by atoms with Crippen LogP contribution in [0.4, 0.5) is 4.39 Å². The first-order chi connectivity index (χ1) is 11.1. The summed E-state index contributed by atoms with van der Waals surface area (Å²) < 4.78 is 29.4. The molecule has 0 atom stereocenters. The molecule has 6 heteroatoms. The molecule has 2 aromatic rings. The summed E-state index contributed by atoms with van der Waals surface area (Å²) in [4.78, 5) is 12.1. The molecule has 0 aliphatic rings. The largest absolute Gasteiger partial charge is 0.496 e. The lowest BCUT2D eigenvalue weighted by Gasteiger charge is -2.15. The Balaban J connectivity index is 2.23. The van der Waals surface area contributed by atoms with E-state index in [1.165, 1.54) is 39.5 Å². The average Bonchev–Trinajstić information content (AvgIpc) is 2.59. The third-order valence-corrected chi connectivity index (χ3v) is 3.36. The van der Waals surface area contributed by atoms with Crippen LogP contribution >= 0.6 is 0 Å². The van der Waals surface area contributed by atoms with E-state index < -0.39 is 11.7 Å². The van der Waals surface area contributed by atoms with E-state index in [4.69, 9.17) is 14.2 Å². The molecule has 23 heavy (non-hydrogen) atoms. The standard InChI is InChI=1S/C17H18FNO4/c1-21-11-8-15(22-2)13(16(9-11)23-3)10-19-17(20)12-6-4-5-7-14(12)18/h4-9H,10H2,1-3H3,(H,19,20). The fourth-order valence-electron chi connectivity index (χ4n) is 2.16. The van der Waals surface area contributed by atoms with Gasteiger partial charge in [-0.05, 0) is 12.1 Å². The second kappa shape index (κ2) is 7.49. The van der Waals surface area contributed by atoms with Gasteiger partial charge in [0.25, 0.3) is 5.91 Å². The molecule has 0 bridgehead atoms. The lowest BCUT2D eigenvalue weighted by molar-refractivity contribution is 0.0946. The molecule has 5 nitrogen and oxygen atoms in total. The van der Waals surface area contributed by atoms with Crippen LogP contribution in [0.3, 0.4) is 0 Å². The molecule has 1 amide bonds. The van der Waals surface area contributed by atoms with Crippen LogP contribution in [-0.2, 0) is 6.54 Å². The molecule has 1 N–H and O–H groups in total. The molecule has 122 valence electrons. The maximum Gasteiger partial charge on any atom is 0.254 e. The van der Waals surface area contributed by atoms with Crippen LogP contribution < -0.4 is 19.5 Å². The van der Waals surface area contributed by atoms with Crippen LogP contribution in [0.2, 0.25) is 0 Å². The first kappa shape index (κ1) is 16.6. The fraction of sp³-hybridized carbons (Fsp3) is 0.235. The quantitative estimate of drug-likeness (QED) is 0.889. The number of rotatable bonds is 6. The van der Waals surface area contributed by atoms with E-state index in [0.29, 0.717) is 22.8 Å². The van der Waals surface area contributed by atoms with Crippen molar-refractivity contribution in [3.63, 3.8) is 0 Å². The van der Waals surface area contributed by atoms with Crippen molar-refractivity contribution in [3.8, 4) is 17.2 Å². The number of amides is 1. The predicted molar refractivity (Wildman–Crippen MR) is 83.7 cm³/mol. The van der Waals surface area contributed by atoms with Crippen LogP contribution in [0.5, 0.6) is 17.2 Å². The van der Waals surface area contributed by atoms with Gasteiger partial charge in [-0.2, -0.15) is 0 Å². The van der Waals surface area contributed by atoms with Crippen LogP contribution in [0.15, 0.2) is 36.4 Å². The summed E-state index contributed by atoms with van der Waals surface area (Å²) in [5, 5.41) is 2.66. The number of carbonyl (C=O) groups is 1. The van der Waals surface area contributed by atoms with Crippen LogP contribution in [0.25, 0.3) is 0 Å². The Bertz CT molecular complexity index is 678. The van der Waals surface area contributed by atoms with Crippen molar-refractivity contribution in [3.05, 3.63) is 53.3 Å². The van der Waals surface area contributed by atoms with Crippen LogP contribution in [-0.4, -0.2) is 27.2 Å². The minimum atomic E-state index is -0.571. The van der Waals surface area contributed by atoms with E-state index >= 15 is 0 Å². The zero-order valence-electron chi connectivity index (χ0n) is 13.2. The summed E-state index contributed by atoms with van der Waals surface area (Å²) in [5.41, 5.74) is 0.624. The van der Waals surface area contributed by atoms with Crippen molar-refractivity contribution in [2.45, 2.75) is 6.54 Å². The summed E-state index contributed by atoms with van der Waals surface area (Å²) >= 11 is 0. The average molecular weight is 319 g/mol. The number of halogens is 1. The molecule has 2 rings (SSSR count). The van der Waals surface area contributed by atoms with Gasteiger partial charge in [-0.15, -0.1) is 0 Å². The van der Waals surface area contributed by atoms with E-state index in [1.54, 1.807) is 18.2 Å². The highest BCUT2D eigenvalue weighted by molar-refractivity contribution is 5.94. The Morgan fingerprint density at radius 1 is 1.04 bits per heavy atom. The van der Waals surface area contributed by atoms with Crippen LogP contribution in [0.1, 0.15) is 15.9 Å². The number of nitrogens with one attached hydrogen (secondary N) is 1. The third kappa shape index (κ3) is 3.71. The first-order valence-electron chi connectivity index (χ1n) is 6.92. The van der Waals surface area contributed by atoms with Gasteiger partial charge in [0.15, 0.2) is 0 Å². The van der Waals surface area contributed by atoms with Crippen molar-refractivity contribution in [2.24, 2.45) is 0 Å². The SMILES string of the molecule is COc1cc(OC)c(CNC(=O)c2ccccc2F)c(OC)c1. The molecule has 0 aliphatic heterocycles. The van der Waals surface area contributed by atoms with Gasteiger partial charge < -0.3 is 19.5 Å². The Kier molecular flexibility index (Phi) is 5.41. The molecule has 0 aromatic heterocycles. The van der Waals surface area contributed by atoms with E-state index in [-0.39, 0.29) is 12.1 Å². The molecule has 0 fully saturated rings. The van der Waals surface area contributed by atoms with Crippen molar-refractivity contribution < 1.29 is 23.4 Å². The third-order valence-electron chi connectivity index (χ3n) is 3.36. The number of hydrogen-bond donors (Lipinski definition) is 1. The van der Waals surface area contributed by atoms with Gasteiger partial charge >= 0.3 is 0 Å². The molecule has 0 saturated carbocycles. The minimum Gasteiger partial charge on any atom is -0.496 e. The molecule has 0 spiro atoms. The number of carbonyl (C=O) groups excluding carboxylic acids is 1. The Labute approximate surface area is 134 Å². The molecular formula is C17H18FNO4. The smallest absolute Gasteiger partial charge is 0.254 e. The van der Waals surface area contributed by atoms with Crippen molar-refractivity contribution in [1.82, 2.24) is 5.32 Å². The van der Waals surface area contributed by atoms with E-state index in [0.717, 1.165) is 0 Å². The number of ether oxygens (including phenoxy) is 3. The van der Waals surface area contributed by atoms with Gasteiger partial charge in [0.05, 0.1) is 39.0 Å². The summed E-state index contributed by atoms with van der Waals surface area (Å²) in [6, 6.07) is 9.17. The van der Waals surface area contributed by atoms with E-state index in [9.17, 15) is 9.18 Å². The topological polar surface area (TPSA) is 56.8 Å². The summed E-state index contributed by atoms with van der Waals surface area (Å²) in [5.74, 6) is 0.509. The lowest BCUT2D eigenvalue weighted by Crippen LogP contribution is -2.24. The number of benzene rings is 2. The molecule has 0 radical (unpaired) electrons. The normalized spacial score (nSPS) is 10.1. The summed E-state index contributed by atoms with van der Waals surface area (Å²) in [7, 11) is 4.56. The van der Waals surface area contributed by atoms with Gasteiger partial charge in [0.1, 0.15) is 23.1 Å². The van der Waals surface area contributed by atoms with E-state index in [2.05, 4.69) is 5.32 Å². The Morgan fingerprint density at radius 2 is 1.65 bits per heavy atom. The maximum atomic E-state index is 13.6. The zero-order chi connectivity index (χ0) is 16.8. The van der Waals surface area contributed by atoms with Crippen molar-refractivity contribution in [1.29, 1.82) is 0 Å². The Hall–Kier alpha value is -2.76. The zero-order valence-corrected chi connectivity index (χ0v) is 13.2. The number of hydrogen-bond acceptors (Lipinski definition) is 4. The highest BCUT2D eigenvalue weighted by Gasteiger charge is 2.16. The van der Waals surface area contributed by atoms with Gasteiger partial charge in [0, 0.05) is 12.1 Å². The fourth-order valence-corrected chi connectivity index (χ4v) is 2.16. The molecule has 2 aromatic carbocycles. The van der Waals surface area contributed by atoms with Crippen LogP contribution in [0, 0.1) is 5.82 Å². The second-order valence-corrected chi connectivity index (χ2v) is 4.67. The summed E-state index contributed by atoms with van der Waals surface area (Å²) in [6.45, 7) is 0.128. The van der Waals surface area contributed by atoms with Gasteiger partial charge in [-0.25, -0.2) is 4.39 Å². The van der Waals surface area contributed by atoms with Gasteiger partial charge in [-0.3, -0.25) is 4.79 Å². The second-order valence-electron chi connectivity index (χ2n) is 4.67. The van der Waals surface area contributed by atoms with Crippen molar-refractivity contribution >= 4 is 5.91 Å². The van der Waals surface area contributed by atoms with Gasteiger partial charge in [-0.1, -0.05) is 12.1 Å². The first-order valence-corrected chi connectivity index (χ1v) is 6.92. The Morgan fingerprint density at radius 3 is 2.17 bits per heavy atom. The number of methoxy groups -OCH3 is 3. The molecule has 0 unspecified atom stereocenters. The van der Waals surface area contributed by atoms with E-state index in [1.807, 2.05) is 0 Å². The maximum absolute atomic E-state index is 13.6. The minimum absolute atomic E-state index is 0.0149. The molecular weight excluding hydrogens is 301 g/mol. The van der Waals surface area contributed by atoms with Crippen molar-refractivity contribution in [2.75, 3.05) is 21.3 Å². The summed E-state index contributed by atoms with van der Waals surface area (Å²) in [6.07, 6.45) is 0. The van der Waals surface area contributed by atoms with Gasteiger partial charge in [0.2, 0.25) is 0 Å². The molecule has 0 heterocycles. The molecule has 0 saturated heterocycles.